The van der Waals surface area contributed by atoms with Gasteiger partial charge in [0.25, 0.3) is 0 Å². The summed E-state index contributed by atoms with van der Waals surface area (Å²) in [6.07, 6.45) is 3.52. The SMILES string of the molecule is C[C@H](N)c1nccc2ncccc12. The van der Waals surface area contributed by atoms with E-state index >= 15 is 0 Å². The molecule has 0 amide bonds. The Labute approximate surface area is 76.6 Å². The molecule has 2 rings (SSSR count). The first-order valence-electron chi connectivity index (χ1n) is 4.24. The molecule has 2 heterocycles. The Hall–Kier alpha value is -1.48. The van der Waals surface area contributed by atoms with Crippen LogP contribution in [-0.4, -0.2) is 9.97 Å². The molecule has 0 aliphatic carbocycles. The molecule has 0 aromatic carbocycles. The number of pyridine rings is 2. The standard InChI is InChI=1S/C10H11N3/c1-7(11)10-8-3-2-5-12-9(8)4-6-13-10/h2-7H,11H2,1H3/t7-/m0/s1. The minimum absolute atomic E-state index is 0.0482. The highest BCUT2D eigenvalue weighted by Gasteiger charge is 2.05. The molecule has 0 saturated carbocycles. The van der Waals surface area contributed by atoms with Crippen LogP contribution in [0.25, 0.3) is 10.9 Å². The van der Waals surface area contributed by atoms with Crippen LogP contribution < -0.4 is 5.73 Å². The highest BCUT2D eigenvalue weighted by atomic mass is 14.8. The maximum absolute atomic E-state index is 5.79. The summed E-state index contributed by atoms with van der Waals surface area (Å²) in [5.74, 6) is 0. The Kier molecular flexibility index (Phi) is 1.94. The lowest BCUT2D eigenvalue weighted by Gasteiger charge is -2.06. The van der Waals surface area contributed by atoms with Gasteiger partial charge >= 0.3 is 0 Å². The smallest absolute Gasteiger partial charge is 0.0736 e. The van der Waals surface area contributed by atoms with Gasteiger partial charge < -0.3 is 5.73 Å². The minimum atomic E-state index is -0.0482. The fraction of sp³-hybridized carbons (Fsp3) is 0.200. The summed E-state index contributed by atoms with van der Waals surface area (Å²) in [5.41, 5.74) is 7.65. The second kappa shape index (κ2) is 3.11. The molecule has 0 radical (unpaired) electrons. The Morgan fingerprint density at radius 3 is 2.85 bits per heavy atom. The van der Waals surface area contributed by atoms with Crippen molar-refractivity contribution in [2.75, 3.05) is 0 Å². The minimum Gasteiger partial charge on any atom is -0.323 e. The molecule has 66 valence electrons. The molecular formula is C10H11N3. The van der Waals surface area contributed by atoms with Crippen LogP contribution in [0.2, 0.25) is 0 Å². The van der Waals surface area contributed by atoms with E-state index in [9.17, 15) is 0 Å². The number of hydrogen-bond acceptors (Lipinski definition) is 3. The molecule has 0 saturated heterocycles. The second-order valence-electron chi connectivity index (χ2n) is 3.05. The molecule has 2 aromatic rings. The number of nitrogens with two attached hydrogens (primary N) is 1. The van der Waals surface area contributed by atoms with Crippen LogP contribution in [0.15, 0.2) is 30.6 Å². The summed E-state index contributed by atoms with van der Waals surface area (Å²) >= 11 is 0. The predicted molar refractivity (Wildman–Crippen MR) is 52.1 cm³/mol. The summed E-state index contributed by atoms with van der Waals surface area (Å²) in [6.45, 7) is 1.93. The lowest BCUT2D eigenvalue weighted by molar-refractivity contribution is 0.791. The summed E-state index contributed by atoms with van der Waals surface area (Å²) in [6, 6.07) is 5.73. The van der Waals surface area contributed by atoms with Gasteiger partial charge in [0.15, 0.2) is 0 Å². The zero-order valence-corrected chi connectivity index (χ0v) is 7.44. The van der Waals surface area contributed by atoms with Crippen LogP contribution in [0.3, 0.4) is 0 Å². The van der Waals surface area contributed by atoms with E-state index in [0.717, 1.165) is 16.6 Å². The van der Waals surface area contributed by atoms with Gasteiger partial charge in [-0.3, -0.25) is 9.97 Å². The maximum Gasteiger partial charge on any atom is 0.0736 e. The van der Waals surface area contributed by atoms with E-state index < -0.39 is 0 Å². The van der Waals surface area contributed by atoms with Crippen LogP contribution >= 0.6 is 0 Å². The van der Waals surface area contributed by atoms with Gasteiger partial charge in [0, 0.05) is 23.8 Å². The maximum atomic E-state index is 5.79. The fourth-order valence-corrected chi connectivity index (χ4v) is 1.39. The van der Waals surface area contributed by atoms with E-state index in [2.05, 4.69) is 9.97 Å². The van der Waals surface area contributed by atoms with Crippen molar-refractivity contribution >= 4 is 10.9 Å². The number of rotatable bonds is 1. The van der Waals surface area contributed by atoms with E-state index in [1.165, 1.54) is 0 Å². The summed E-state index contributed by atoms with van der Waals surface area (Å²) in [5, 5.41) is 1.04. The number of fused-ring (bicyclic) bond motifs is 1. The lowest BCUT2D eigenvalue weighted by atomic mass is 10.1. The Morgan fingerprint density at radius 2 is 2.08 bits per heavy atom. The van der Waals surface area contributed by atoms with Gasteiger partial charge in [0.05, 0.1) is 11.2 Å². The van der Waals surface area contributed by atoms with Gasteiger partial charge in [0.2, 0.25) is 0 Å². The van der Waals surface area contributed by atoms with E-state index in [1.807, 2.05) is 25.1 Å². The molecule has 0 bridgehead atoms. The van der Waals surface area contributed by atoms with Crippen molar-refractivity contribution in [2.45, 2.75) is 13.0 Å². The average molecular weight is 173 g/mol. The largest absolute Gasteiger partial charge is 0.323 e. The number of aromatic nitrogens is 2. The predicted octanol–water partition coefficient (Wildman–Crippen LogP) is 1.65. The topological polar surface area (TPSA) is 51.8 Å². The highest BCUT2D eigenvalue weighted by Crippen LogP contribution is 2.18. The third-order valence-electron chi connectivity index (χ3n) is 1.99. The van der Waals surface area contributed by atoms with Crippen molar-refractivity contribution in [2.24, 2.45) is 5.73 Å². The molecule has 0 unspecified atom stereocenters. The van der Waals surface area contributed by atoms with Gasteiger partial charge in [-0.05, 0) is 25.1 Å². The summed E-state index contributed by atoms with van der Waals surface area (Å²) in [7, 11) is 0. The molecule has 1 atom stereocenters. The van der Waals surface area contributed by atoms with Crippen molar-refractivity contribution < 1.29 is 0 Å². The van der Waals surface area contributed by atoms with Gasteiger partial charge in [-0.2, -0.15) is 0 Å². The third kappa shape index (κ3) is 1.38. The van der Waals surface area contributed by atoms with Gasteiger partial charge in [-0.25, -0.2) is 0 Å². The van der Waals surface area contributed by atoms with Crippen LogP contribution in [0.4, 0.5) is 0 Å². The van der Waals surface area contributed by atoms with Crippen LogP contribution in [0, 0.1) is 0 Å². The van der Waals surface area contributed by atoms with E-state index in [4.69, 9.17) is 5.73 Å². The fourth-order valence-electron chi connectivity index (χ4n) is 1.39. The van der Waals surface area contributed by atoms with Crippen LogP contribution in [-0.2, 0) is 0 Å². The van der Waals surface area contributed by atoms with Gasteiger partial charge in [-0.15, -0.1) is 0 Å². The van der Waals surface area contributed by atoms with Crippen molar-refractivity contribution in [1.29, 1.82) is 0 Å². The van der Waals surface area contributed by atoms with E-state index in [-0.39, 0.29) is 6.04 Å². The normalized spacial score (nSPS) is 13.1. The van der Waals surface area contributed by atoms with Crippen molar-refractivity contribution in [1.82, 2.24) is 9.97 Å². The van der Waals surface area contributed by atoms with Crippen molar-refractivity contribution in [3.63, 3.8) is 0 Å². The van der Waals surface area contributed by atoms with Crippen LogP contribution in [0.5, 0.6) is 0 Å². The number of hydrogen-bond donors (Lipinski definition) is 1. The molecular weight excluding hydrogens is 162 g/mol. The zero-order valence-electron chi connectivity index (χ0n) is 7.44. The first kappa shape index (κ1) is 8.13. The van der Waals surface area contributed by atoms with E-state index in [1.54, 1.807) is 12.4 Å². The van der Waals surface area contributed by atoms with Crippen molar-refractivity contribution in [3.8, 4) is 0 Å². The summed E-state index contributed by atoms with van der Waals surface area (Å²) in [4.78, 5) is 8.47. The first-order valence-corrected chi connectivity index (χ1v) is 4.24. The zero-order chi connectivity index (χ0) is 9.26. The van der Waals surface area contributed by atoms with Crippen LogP contribution in [0.1, 0.15) is 18.7 Å². The Bertz CT molecular complexity index is 418. The first-order chi connectivity index (χ1) is 6.29. The third-order valence-corrected chi connectivity index (χ3v) is 1.99. The molecule has 3 heteroatoms. The van der Waals surface area contributed by atoms with E-state index in [0.29, 0.717) is 0 Å². The van der Waals surface area contributed by atoms with Crippen molar-refractivity contribution in [3.05, 3.63) is 36.3 Å². The monoisotopic (exact) mass is 173 g/mol. The second-order valence-corrected chi connectivity index (χ2v) is 3.05. The molecule has 2 aromatic heterocycles. The lowest BCUT2D eigenvalue weighted by Crippen LogP contribution is -2.07. The summed E-state index contributed by atoms with van der Waals surface area (Å²) < 4.78 is 0. The molecule has 0 spiro atoms. The van der Waals surface area contributed by atoms with Gasteiger partial charge in [0.1, 0.15) is 0 Å². The van der Waals surface area contributed by atoms with Gasteiger partial charge in [-0.1, -0.05) is 0 Å². The number of nitrogens with zero attached hydrogens (tertiary/aromatic N) is 2. The molecule has 13 heavy (non-hydrogen) atoms. The quantitative estimate of drug-likeness (QED) is 0.713. The molecule has 3 nitrogen and oxygen atoms in total. The highest BCUT2D eigenvalue weighted by molar-refractivity contribution is 5.80. The Morgan fingerprint density at radius 1 is 1.23 bits per heavy atom. The molecule has 2 N–H and O–H groups in total. The molecule has 0 fully saturated rings. The average Bonchev–Trinajstić information content (AvgIpc) is 2.17. The molecule has 0 aliphatic rings. The Balaban J connectivity index is 2.76. The molecule has 0 aliphatic heterocycles.